The number of hydrogen-bond acceptors (Lipinski definition) is 3. The third-order valence-corrected chi connectivity index (χ3v) is 4.95. The van der Waals surface area contributed by atoms with Crippen molar-refractivity contribution in [1.29, 1.82) is 5.26 Å². The summed E-state index contributed by atoms with van der Waals surface area (Å²) in [6.45, 7) is 4.50. The second-order valence-corrected chi connectivity index (χ2v) is 6.56. The Labute approximate surface area is 159 Å². The van der Waals surface area contributed by atoms with E-state index < -0.39 is 5.54 Å². The Morgan fingerprint density at radius 1 is 0.963 bits per heavy atom. The van der Waals surface area contributed by atoms with Crippen molar-refractivity contribution in [3.63, 3.8) is 0 Å². The van der Waals surface area contributed by atoms with Crippen molar-refractivity contribution in [2.24, 2.45) is 4.99 Å². The van der Waals surface area contributed by atoms with Crippen LogP contribution in [0, 0.1) is 11.3 Å². The molecule has 1 heterocycles. The zero-order valence-electron chi connectivity index (χ0n) is 14.9. The molecule has 3 aromatic carbocycles. The molecule has 3 aromatic rings. The Bertz CT molecular complexity index is 1040. The van der Waals surface area contributed by atoms with Crippen LogP contribution < -0.4 is 5.32 Å². The summed E-state index contributed by atoms with van der Waals surface area (Å²) in [6.07, 6.45) is 1.84. The van der Waals surface area contributed by atoms with Gasteiger partial charge in [-0.3, -0.25) is 0 Å². The largest absolute Gasteiger partial charge is 0.367 e. The Hall–Kier alpha value is -3.64. The lowest BCUT2D eigenvalue weighted by atomic mass is 9.83. The van der Waals surface area contributed by atoms with E-state index in [1.54, 1.807) is 6.07 Å². The van der Waals surface area contributed by atoms with E-state index in [0.717, 1.165) is 28.1 Å². The molecular weight excluding hydrogens is 330 g/mol. The minimum atomic E-state index is -0.501. The summed E-state index contributed by atoms with van der Waals surface area (Å²) in [5.41, 5.74) is 4.39. The average molecular weight is 349 g/mol. The first-order chi connectivity index (χ1) is 13.2. The van der Waals surface area contributed by atoms with Gasteiger partial charge in [0, 0.05) is 12.1 Å². The van der Waals surface area contributed by atoms with Crippen LogP contribution in [0.15, 0.2) is 90.4 Å². The molecule has 0 radical (unpaired) electrons. The Balaban J connectivity index is 1.86. The van der Waals surface area contributed by atoms with Crippen LogP contribution in [0.5, 0.6) is 0 Å². The van der Waals surface area contributed by atoms with E-state index in [0.29, 0.717) is 12.1 Å². The lowest BCUT2D eigenvalue weighted by molar-refractivity contribution is 0.569. The van der Waals surface area contributed by atoms with Crippen LogP contribution in [0.1, 0.15) is 27.8 Å². The van der Waals surface area contributed by atoms with Gasteiger partial charge in [0.05, 0.1) is 11.6 Å². The maximum Gasteiger partial charge on any atom is 0.130 e. The fourth-order valence-corrected chi connectivity index (χ4v) is 3.49. The molecule has 0 bridgehead atoms. The average Bonchev–Trinajstić information content (AvgIpc) is 3.21. The molecule has 130 valence electrons. The van der Waals surface area contributed by atoms with Gasteiger partial charge in [0.1, 0.15) is 11.4 Å². The maximum atomic E-state index is 9.19. The smallest absolute Gasteiger partial charge is 0.130 e. The minimum Gasteiger partial charge on any atom is -0.367 e. The second kappa shape index (κ2) is 6.93. The molecule has 1 atom stereocenters. The van der Waals surface area contributed by atoms with Gasteiger partial charge in [0.25, 0.3) is 0 Å². The third kappa shape index (κ3) is 3.02. The molecule has 0 saturated heterocycles. The van der Waals surface area contributed by atoms with Gasteiger partial charge in [-0.15, -0.1) is 0 Å². The third-order valence-electron chi connectivity index (χ3n) is 4.95. The lowest BCUT2D eigenvalue weighted by Crippen LogP contribution is -2.31. The van der Waals surface area contributed by atoms with E-state index in [9.17, 15) is 5.26 Å². The topological polar surface area (TPSA) is 48.2 Å². The highest BCUT2D eigenvalue weighted by molar-refractivity contribution is 6.01. The maximum absolute atomic E-state index is 9.19. The number of nitrogens with zero attached hydrogens (tertiary/aromatic N) is 2. The van der Waals surface area contributed by atoms with E-state index in [1.165, 1.54) is 0 Å². The Morgan fingerprint density at radius 3 is 2.41 bits per heavy atom. The van der Waals surface area contributed by atoms with E-state index in [-0.39, 0.29) is 0 Å². The van der Waals surface area contributed by atoms with E-state index in [4.69, 9.17) is 4.99 Å². The zero-order valence-corrected chi connectivity index (χ0v) is 14.9. The highest BCUT2D eigenvalue weighted by Crippen LogP contribution is 2.37. The molecular formula is C24H19N3. The molecule has 0 aromatic heterocycles. The van der Waals surface area contributed by atoms with Crippen LogP contribution in [0.4, 0.5) is 0 Å². The fraction of sp³-hybridized carbons (Fsp3) is 0.0833. The fourth-order valence-electron chi connectivity index (χ4n) is 3.49. The first-order valence-electron chi connectivity index (χ1n) is 8.88. The number of nitriles is 1. The summed E-state index contributed by atoms with van der Waals surface area (Å²) in [7, 11) is 0. The summed E-state index contributed by atoms with van der Waals surface area (Å²) in [5.74, 6) is 0.809. The van der Waals surface area contributed by atoms with Gasteiger partial charge in [0.2, 0.25) is 0 Å². The van der Waals surface area contributed by atoms with Crippen LogP contribution in [0.3, 0.4) is 0 Å². The van der Waals surface area contributed by atoms with E-state index in [1.807, 2.05) is 42.5 Å². The molecule has 0 aliphatic carbocycles. The minimum absolute atomic E-state index is 0.501. The summed E-state index contributed by atoms with van der Waals surface area (Å²) >= 11 is 0. The van der Waals surface area contributed by atoms with Crippen LogP contribution >= 0.6 is 0 Å². The van der Waals surface area contributed by atoms with Gasteiger partial charge in [-0.2, -0.15) is 5.26 Å². The molecule has 1 N–H and O–H groups in total. The standard InChI is InChI=1S/C24H19N3/c1-2-18-11-13-22(14-12-18)24(21-9-4-3-5-10-21)17-26-23(27-24)20-8-6-7-19(15-20)16-25/h2-15H,1,17H2,(H,26,27). The van der Waals surface area contributed by atoms with Crippen molar-refractivity contribution in [2.45, 2.75) is 5.54 Å². The van der Waals surface area contributed by atoms with Crippen LogP contribution in [0.2, 0.25) is 0 Å². The number of benzene rings is 3. The van der Waals surface area contributed by atoms with Crippen molar-refractivity contribution in [3.05, 3.63) is 113 Å². The predicted octanol–water partition coefficient (Wildman–Crippen LogP) is 4.49. The zero-order chi connectivity index (χ0) is 18.7. The monoisotopic (exact) mass is 349 g/mol. The van der Waals surface area contributed by atoms with Crippen molar-refractivity contribution < 1.29 is 0 Å². The normalized spacial score (nSPS) is 18.3. The number of rotatable bonds is 4. The van der Waals surface area contributed by atoms with Crippen LogP contribution in [-0.4, -0.2) is 12.4 Å². The van der Waals surface area contributed by atoms with Crippen molar-refractivity contribution in [1.82, 2.24) is 5.32 Å². The van der Waals surface area contributed by atoms with Gasteiger partial charge < -0.3 is 5.32 Å². The van der Waals surface area contributed by atoms with Gasteiger partial charge >= 0.3 is 0 Å². The van der Waals surface area contributed by atoms with Gasteiger partial charge in [-0.1, -0.05) is 79.4 Å². The summed E-state index contributed by atoms with van der Waals surface area (Å²) < 4.78 is 0. The van der Waals surface area contributed by atoms with Gasteiger partial charge in [0.15, 0.2) is 0 Å². The highest BCUT2D eigenvalue weighted by Gasteiger charge is 2.38. The van der Waals surface area contributed by atoms with Crippen LogP contribution in [0.25, 0.3) is 6.08 Å². The second-order valence-electron chi connectivity index (χ2n) is 6.56. The molecule has 1 unspecified atom stereocenters. The van der Waals surface area contributed by atoms with Crippen LogP contribution in [-0.2, 0) is 5.54 Å². The molecule has 1 aliphatic heterocycles. The Morgan fingerprint density at radius 2 is 1.70 bits per heavy atom. The molecule has 4 rings (SSSR count). The van der Waals surface area contributed by atoms with Crippen molar-refractivity contribution in [2.75, 3.05) is 6.54 Å². The number of hydrogen-bond donors (Lipinski definition) is 1. The summed E-state index contributed by atoms with van der Waals surface area (Å²) in [5, 5.41) is 12.7. The first kappa shape index (κ1) is 16.8. The molecule has 1 aliphatic rings. The van der Waals surface area contributed by atoms with Gasteiger partial charge in [-0.05, 0) is 28.8 Å². The number of aliphatic imine (C=N–C) groups is 1. The molecule has 0 spiro atoms. The molecule has 0 amide bonds. The van der Waals surface area contributed by atoms with E-state index >= 15 is 0 Å². The predicted molar refractivity (Wildman–Crippen MR) is 109 cm³/mol. The molecule has 27 heavy (non-hydrogen) atoms. The van der Waals surface area contributed by atoms with Crippen molar-refractivity contribution >= 4 is 11.9 Å². The number of amidine groups is 1. The quantitative estimate of drug-likeness (QED) is 0.754. The first-order valence-corrected chi connectivity index (χ1v) is 8.88. The summed E-state index contributed by atoms with van der Waals surface area (Å²) in [6, 6.07) is 28.4. The molecule has 3 heteroatoms. The number of nitrogens with one attached hydrogen (secondary N) is 1. The van der Waals surface area contributed by atoms with Gasteiger partial charge in [-0.25, -0.2) is 4.99 Å². The molecule has 0 saturated carbocycles. The molecule has 0 fully saturated rings. The summed E-state index contributed by atoms with van der Waals surface area (Å²) in [4.78, 5) is 5.13. The lowest BCUT2D eigenvalue weighted by Gasteiger charge is -2.26. The molecule has 3 nitrogen and oxygen atoms in total. The highest BCUT2D eigenvalue weighted by atomic mass is 15.1. The SMILES string of the molecule is C=Cc1ccc(C2(c3ccccc3)CNC(c3cccc(C#N)c3)=N2)cc1. The Kier molecular flexibility index (Phi) is 4.32. The van der Waals surface area contributed by atoms with E-state index in [2.05, 4.69) is 54.4 Å². The van der Waals surface area contributed by atoms with Crippen molar-refractivity contribution in [3.8, 4) is 6.07 Å².